The van der Waals surface area contributed by atoms with Gasteiger partial charge >= 0.3 is 0 Å². The second-order valence-electron chi connectivity index (χ2n) is 13.4. The van der Waals surface area contributed by atoms with Gasteiger partial charge in [-0.3, -0.25) is 0 Å². The van der Waals surface area contributed by atoms with E-state index in [1.807, 2.05) is 0 Å². The van der Waals surface area contributed by atoms with Gasteiger partial charge in [0.25, 0.3) is 0 Å². The third kappa shape index (κ3) is 5.98. The van der Waals surface area contributed by atoms with E-state index in [-0.39, 0.29) is 67.1 Å². The Hall–Kier alpha value is -7.04. The lowest BCUT2D eigenvalue weighted by Gasteiger charge is -2.18. The lowest BCUT2D eigenvalue weighted by molar-refractivity contribution is 0.377. The largest absolute Gasteiger partial charge is 0.496 e. The number of ether oxygens (including phenoxy) is 3. The van der Waals surface area contributed by atoms with Crippen molar-refractivity contribution in [3.05, 3.63) is 112 Å². The lowest BCUT2D eigenvalue weighted by atomic mass is 10.0. The van der Waals surface area contributed by atoms with E-state index in [9.17, 15) is 13.2 Å². The highest BCUT2D eigenvalue weighted by atomic mass is 19.2. The number of hydrogen-bond donors (Lipinski definition) is 3. The van der Waals surface area contributed by atoms with Crippen molar-refractivity contribution in [3.63, 3.8) is 0 Å². The third-order valence-electron chi connectivity index (χ3n) is 9.94. The van der Waals surface area contributed by atoms with Gasteiger partial charge in [-0.25, -0.2) is 44.5 Å². The molecule has 0 spiro atoms. The van der Waals surface area contributed by atoms with Crippen LogP contribution in [0.3, 0.4) is 0 Å². The molecule has 0 fully saturated rings. The molecule has 3 aromatic carbocycles. The molecule has 5 heterocycles. The van der Waals surface area contributed by atoms with Gasteiger partial charge in [0, 0.05) is 65.0 Å². The molecule has 0 saturated carbocycles. The zero-order chi connectivity index (χ0) is 42.2. The highest BCUT2D eigenvalue weighted by Gasteiger charge is 2.32. The molecule has 0 unspecified atom stereocenters. The quantitative estimate of drug-likeness (QED) is 0.0846. The van der Waals surface area contributed by atoms with Crippen LogP contribution in [0.25, 0.3) is 78.6 Å². The van der Waals surface area contributed by atoms with Crippen LogP contribution < -0.4 is 19.1 Å². The molecule has 302 valence electrons. The summed E-state index contributed by atoms with van der Waals surface area (Å²) < 4.78 is 156. The SMILES string of the molecule is COc1cc(OC)c(-c2c3nc(c(-c4c(F)c(F)c(N(C)C)c(F)c4F)c4ccc([nH]4)c4ccc([nH]4)c(-c4c(F)c(F)c(F)c(F)c4F)c4ccc2[nH]4)C=C3)c(OC)c1. The highest BCUT2D eigenvalue weighted by molar-refractivity contribution is 6.01. The van der Waals surface area contributed by atoms with Gasteiger partial charge in [-0.05, 0) is 48.6 Å². The number of fused-ring (bicyclic) bond motifs is 9. The smallest absolute Gasteiger partial charge is 0.200 e. The standard InChI is InChI=1S/C42H28F9N5O3/c1-56(2)42-40(50)35(45)32(36(46)41(42)51)29-22-9-7-18(53-22)17-6-8-21(52-17)28(31-33(43)37(47)39(49)38(48)34(31)44)23-12-10-19(54-23)27(20-11-13-24(29)55-20)30-25(58-4)14-16(57-3)15-26(30)59-5/h6-15,52-54H,1-5H3. The average Bonchev–Trinajstić information content (AvgIpc) is 4.07. The van der Waals surface area contributed by atoms with Crippen LogP contribution in [0, 0.1) is 52.4 Å². The summed E-state index contributed by atoms with van der Waals surface area (Å²) in [4.78, 5) is 14.5. The Kier molecular flexibility index (Phi) is 9.48. The number of nitrogens with one attached hydrogen (secondary N) is 3. The normalized spacial score (nSPS) is 11.8. The van der Waals surface area contributed by atoms with Gasteiger partial charge in [-0.15, -0.1) is 0 Å². The number of hydrogen-bond acceptors (Lipinski definition) is 5. The molecule has 8 bridgehead atoms. The Morgan fingerprint density at radius 2 is 0.780 bits per heavy atom. The number of methoxy groups -OCH3 is 3. The lowest BCUT2D eigenvalue weighted by Crippen LogP contribution is -2.16. The summed E-state index contributed by atoms with van der Waals surface area (Å²) >= 11 is 0. The van der Waals surface area contributed by atoms with Crippen LogP contribution in [0.1, 0.15) is 11.4 Å². The molecule has 3 N–H and O–H groups in total. The molecule has 1 aliphatic heterocycles. The van der Waals surface area contributed by atoms with Crippen molar-refractivity contribution in [2.24, 2.45) is 0 Å². The van der Waals surface area contributed by atoms with Gasteiger partial charge in [0.2, 0.25) is 5.82 Å². The summed E-state index contributed by atoms with van der Waals surface area (Å²) in [5.74, 6) is -17.2. The maximum atomic E-state index is 16.2. The minimum atomic E-state index is -2.36. The second kappa shape index (κ2) is 14.4. The van der Waals surface area contributed by atoms with Crippen molar-refractivity contribution in [3.8, 4) is 50.6 Å². The fraction of sp³-hybridized carbons (Fsp3) is 0.119. The molecule has 0 amide bonds. The molecule has 8 nitrogen and oxygen atoms in total. The number of halogens is 9. The molecule has 17 heteroatoms. The van der Waals surface area contributed by atoms with Crippen LogP contribution >= 0.6 is 0 Å². The Morgan fingerprint density at radius 3 is 1.20 bits per heavy atom. The number of aromatic amines is 3. The van der Waals surface area contributed by atoms with E-state index in [2.05, 4.69) is 15.0 Å². The second-order valence-corrected chi connectivity index (χ2v) is 13.4. The number of H-pyrrole nitrogens is 3. The van der Waals surface area contributed by atoms with E-state index in [1.165, 1.54) is 96.1 Å². The van der Waals surface area contributed by atoms with Crippen LogP contribution in [-0.4, -0.2) is 55.4 Å². The minimum absolute atomic E-state index is 0.0281. The predicted molar refractivity (Wildman–Crippen MR) is 205 cm³/mol. The van der Waals surface area contributed by atoms with Crippen LogP contribution in [-0.2, 0) is 0 Å². The summed E-state index contributed by atoms with van der Waals surface area (Å²) in [5.41, 5.74) is -3.98. The van der Waals surface area contributed by atoms with Crippen molar-refractivity contribution in [1.82, 2.24) is 19.9 Å². The molecule has 59 heavy (non-hydrogen) atoms. The first-order valence-electron chi connectivity index (χ1n) is 17.4. The Balaban J connectivity index is 1.63. The van der Waals surface area contributed by atoms with Crippen molar-refractivity contribution >= 4 is 50.9 Å². The van der Waals surface area contributed by atoms with Crippen LogP contribution in [0.2, 0.25) is 0 Å². The molecule has 0 atom stereocenters. The van der Waals surface area contributed by atoms with E-state index in [0.717, 1.165) is 4.90 Å². The summed E-state index contributed by atoms with van der Waals surface area (Å²) in [6, 6.07) is 11.3. The first kappa shape index (κ1) is 38.8. The number of rotatable bonds is 7. The molecule has 7 aromatic rings. The van der Waals surface area contributed by atoms with Gasteiger partial charge in [0.1, 0.15) is 22.9 Å². The van der Waals surface area contributed by atoms with Gasteiger partial charge in [0.15, 0.2) is 46.5 Å². The number of anilines is 1. The Bertz CT molecular complexity index is 2980. The highest BCUT2D eigenvalue weighted by Crippen LogP contribution is 2.47. The van der Waals surface area contributed by atoms with Crippen molar-refractivity contribution in [2.45, 2.75) is 0 Å². The molecule has 8 rings (SSSR count). The van der Waals surface area contributed by atoms with Crippen molar-refractivity contribution < 1.29 is 53.7 Å². The monoisotopic (exact) mass is 821 g/mol. The van der Waals surface area contributed by atoms with E-state index < -0.39 is 80.3 Å². The molecule has 4 aromatic heterocycles. The zero-order valence-corrected chi connectivity index (χ0v) is 31.3. The van der Waals surface area contributed by atoms with E-state index in [1.54, 1.807) is 0 Å². The summed E-state index contributed by atoms with van der Waals surface area (Å²) in [6.07, 6.45) is 2.77. The summed E-state index contributed by atoms with van der Waals surface area (Å²) in [5, 5.41) is 0. The van der Waals surface area contributed by atoms with Crippen molar-refractivity contribution in [1.29, 1.82) is 0 Å². The minimum Gasteiger partial charge on any atom is -0.496 e. The van der Waals surface area contributed by atoms with Crippen LogP contribution in [0.15, 0.2) is 48.5 Å². The average molecular weight is 822 g/mol. The summed E-state index contributed by atoms with van der Waals surface area (Å²) in [7, 11) is 6.50. The number of nitrogens with zero attached hydrogens (tertiary/aromatic N) is 2. The topological polar surface area (TPSA) is 91.2 Å². The first-order valence-corrected chi connectivity index (χ1v) is 17.4. The predicted octanol–water partition coefficient (Wildman–Crippen LogP) is 11.0. The molecular formula is C42H28F9N5O3. The zero-order valence-electron chi connectivity index (χ0n) is 31.3. The maximum Gasteiger partial charge on any atom is 0.200 e. The van der Waals surface area contributed by atoms with Crippen molar-refractivity contribution in [2.75, 3.05) is 40.3 Å². The molecule has 0 radical (unpaired) electrons. The van der Waals surface area contributed by atoms with Gasteiger partial charge in [-0.1, -0.05) is 0 Å². The van der Waals surface area contributed by atoms with Crippen LogP contribution in [0.5, 0.6) is 17.2 Å². The van der Waals surface area contributed by atoms with E-state index >= 15 is 26.3 Å². The molecule has 0 aliphatic carbocycles. The fourth-order valence-corrected chi connectivity index (χ4v) is 7.25. The van der Waals surface area contributed by atoms with Gasteiger partial charge in [0.05, 0.1) is 60.4 Å². The first-order chi connectivity index (χ1) is 28.2. The Labute approximate surface area is 327 Å². The summed E-state index contributed by atoms with van der Waals surface area (Å²) in [6.45, 7) is 0. The fourth-order valence-electron chi connectivity index (χ4n) is 7.25. The van der Waals surface area contributed by atoms with Gasteiger partial charge in [-0.2, -0.15) is 0 Å². The molecule has 1 aliphatic rings. The number of aromatic nitrogens is 4. The van der Waals surface area contributed by atoms with E-state index in [4.69, 9.17) is 19.2 Å². The van der Waals surface area contributed by atoms with E-state index in [0.29, 0.717) is 5.75 Å². The third-order valence-corrected chi connectivity index (χ3v) is 9.94. The Morgan fingerprint density at radius 1 is 0.424 bits per heavy atom. The molecular weight excluding hydrogens is 793 g/mol. The van der Waals surface area contributed by atoms with Crippen LogP contribution in [0.4, 0.5) is 45.2 Å². The molecule has 0 saturated heterocycles. The maximum absolute atomic E-state index is 16.2. The number of benzene rings is 3. The van der Waals surface area contributed by atoms with Gasteiger partial charge < -0.3 is 34.1 Å².